The van der Waals surface area contributed by atoms with Gasteiger partial charge >= 0.3 is 0 Å². The summed E-state index contributed by atoms with van der Waals surface area (Å²) >= 11 is 0. The molecule has 2 aromatic carbocycles. The lowest BCUT2D eigenvalue weighted by Gasteiger charge is -2.26. The van der Waals surface area contributed by atoms with E-state index >= 15 is 0 Å². The minimum Gasteiger partial charge on any atom is -0.486 e. The largest absolute Gasteiger partial charge is 0.486 e. The van der Waals surface area contributed by atoms with E-state index in [4.69, 9.17) is 14.2 Å². The summed E-state index contributed by atoms with van der Waals surface area (Å²) in [7, 11) is 0. The molecule has 2 aromatic rings. The molecule has 0 amide bonds. The molecule has 3 heteroatoms. The van der Waals surface area contributed by atoms with Gasteiger partial charge in [0.1, 0.15) is 6.61 Å². The smallest absolute Gasteiger partial charge is 0.161 e. The highest BCUT2D eigenvalue weighted by atomic mass is 16.6. The van der Waals surface area contributed by atoms with Gasteiger partial charge in [-0.25, -0.2) is 0 Å². The summed E-state index contributed by atoms with van der Waals surface area (Å²) in [6.07, 6.45) is -0.0430. The van der Waals surface area contributed by atoms with Crippen LogP contribution in [0.4, 0.5) is 0 Å². The second kappa shape index (κ2) is 5.76. The summed E-state index contributed by atoms with van der Waals surface area (Å²) in [6, 6.07) is 17.8. The van der Waals surface area contributed by atoms with Crippen LogP contribution in [-0.2, 0) is 11.3 Å². The van der Waals surface area contributed by atoms with Gasteiger partial charge in [-0.05, 0) is 17.7 Å². The number of hydrogen-bond acceptors (Lipinski definition) is 3. The van der Waals surface area contributed by atoms with Gasteiger partial charge in [0.05, 0.1) is 13.2 Å². The maximum absolute atomic E-state index is 5.82. The monoisotopic (exact) mass is 256 g/mol. The normalized spacial score (nSPS) is 17.2. The summed E-state index contributed by atoms with van der Waals surface area (Å²) in [6.45, 7) is 1.66. The van der Waals surface area contributed by atoms with E-state index in [1.54, 1.807) is 0 Å². The molecule has 0 radical (unpaired) electrons. The summed E-state index contributed by atoms with van der Waals surface area (Å²) in [5, 5.41) is 0. The Hall–Kier alpha value is -2.00. The van der Waals surface area contributed by atoms with Gasteiger partial charge in [0.15, 0.2) is 17.6 Å². The van der Waals surface area contributed by atoms with Crippen molar-refractivity contribution in [3.8, 4) is 11.5 Å². The Balaban J connectivity index is 1.50. The van der Waals surface area contributed by atoms with Gasteiger partial charge in [-0.2, -0.15) is 0 Å². The first kappa shape index (κ1) is 12.1. The molecule has 0 spiro atoms. The van der Waals surface area contributed by atoms with Crippen molar-refractivity contribution in [1.82, 2.24) is 0 Å². The first-order valence-corrected chi connectivity index (χ1v) is 6.42. The van der Waals surface area contributed by atoms with Gasteiger partial charge in [-0.3, -0.25) is 0 Å². The molecule has 1 heterocycles. The van der Waals surface area contributed by atoms with E-state index in [1.165, 1.54) is 5.56 Å². The number of hydrogen-bond donors (Lipinski definition) is 0. The fourth-order valence-corrected chi connectivity index (χ4v) is 2.03. The van der Waals surface area contributed by atoms with Gasteiger partial charge in [0.2, 0.25) is 0 Å². The Morgan fingerprint density at radius 3 is 2.53 bits per heavy atom. The van der Waals surface area contributed by atoms with Crippen LogP contribution in [0.3, 0.4) is 0 Å². The van der Waals surface area contributed by atoms with Crippen LogP contribution in [0, 0.1) is 0 Å². The first-order valence-electron chi connectivity index (χ1n) is 6.42. The van der Waals surface area contributed by atoms with Crippen LogP contribution in [-0.4, -0.2) is 19.3 Å². The molecule has 1 unspecified atom stereocenters. The standard InChI is InChI=1S/C16H16O3/c1-2-6-13(7-3-1)10-17-11-14-12-18-15-8-4-5-9-16(15)19-14/h1-9,14H,10-12H2. The third-order valence-electron chi connectivity index (χ3n) is 2.98. The van der Waals surface area contributed by atoms with Crippen molar-refractivity contribution in [3.63, 3.8) is 0 Å². The Kier molecular flexibility index (Phi) is 3.65. The summed E-state index contributed by atoms with van der Waals surface area (Å²) < 4.78 is 17.1. The average molecular weight is 256 g/mol. The highest BCUT2D eigenvalue weighted by Crippen LogP contribution is 2.30. The van der Waals surface area contributed by atoms with Crippen LogP contribution in [0.15, 0.2) is 54.6 Å². The fraction of sp³-hybridized carbons (Fsp3) is 0.250. The molecule has 0 saturated carbocycles. The number of para-hydroxylation sites is 2. The minimum absolute atomic E-state index is 0.0430. The second-order valence-electron chi connectivity index (χ2n) is 4.50. The SMILES string of the molecule is c1ccc(COCC2COc3ccccc3O2)cc1. The van der Waals surface area contributed by atoms with E-state index in [2.05, 4.69) is 0 Å². The van der Waals surface area contributed by atoms with E-state index in [9.17, 15) is 0 Å². The molecule has 0 fully saturated rings. The Morgan fingerprint density at radius 1 is 0.947 bits per heavy atom. The molecule has 0 aromatic heterocycles. The van der Waals surface area contributed by atoms with Crippen LogP contribution in [0.5, 0.6) is 11.5 Å². The molecule has 3 nitrogen and oxygen atoms in total. The highest BCUT2D eigenvalue weighted by Gasteiger charge is 2.20. The number of rotatable bonds is 4. The van der Waals surface area contributed by atoms with E-state index < -0.39 is 0 Å². The van der Waals surface area contributed by atoms with Crippen molar-refractivity contribution in [2.45, 2.75) is 12.7 Å². The molecule has 1 aliphatic heterocycles. The lowest BCUT2D eigenvalue weighted by Crippen LogP contribution is -2.33. The lowest BCUT2D eigenvalue weighted by atomic mass is 10.2. The molecule has 0 aliphatic carbocycles. The van der Waals surface area contributed by atoms with Gasteiger partial charge in [-0.15, -0.1) is 0 Å². The Bertz CT molecular complexity index is 525. The zero-order chi connectivity index (χ0) is 12.9. The molecule has 98 valence electrons. The quantitative estimate of drug-likeness (QED) is 0.841. The van der Waals surface area contributed by atoms with Crippen molar-refractivity contribution in [2.75, 3.05) is 13.2 Å². The molecular weight excluding hydrogens is 240 g/mol. The summed E-state index contributed by atoms with van der Waals surface area (Å²) in [5.74, 6) is 1.60. The zero-order valence-electron chi connectivity index (χ0n) is 10.6. The third kappa shape index (κ3) is 3.06. The van der Waals surface area contributed by atoms with Gasteiger partial charge in [0, 0.05) is 0 Å². The van der Waals surface area contributed by atoms with Crippen LogP contribution < -0.4 is 9.47 Å². The number of fused-ring (bicyclic) bond motifs is 1. The summed E-state index contributed by atoms with van der Waals surface area (Å²) in [5.41, 5.74) is 1.17. The predicted molar refractivity (Wildman–Crippen MR) is 72.5 cm³/mol. The molecule has 0 N–H and O–H groups in total. The molecule has 1 atom stereocenters. The van der Waals surface area contributed by atoms with Crippen LogP contribution in [0.1, 0.15) is 5.56 Å². The van der Waals surface area contributed by atoms with E-state index in [0.717, 1.165) is 11.5 Å². The molecular formula is C16H16O3. The van der Waals surface area contributed by atoms with Gasteiger partial charge < -0.3 is 14.2 Å². The van der Waals surface area contributed by atoms with Crippen molar-refractivity contribution in [1.29, 1.82) is 0 Å². The van der Waals surface area contributed by atoms with E-state index in [-0.39, 0.29) is 6.10 Å². The zero-order valence-corrected chi connectivity index (χ0v) is 10.6. The average Bonchev–Trinajstić information content (AvgIpc) is 2.48. The summed E-state index contributed by atoms with van der Waals surface area (Å²) in [4.78, 5) is 0. The van der Waals surface area contributed by atoms with Crippen LogP contribution >= 0.6 is 0 Å². The fourth-order valence-electron chi connectivity index (χ4n) is 2.03. The van der Waals surface area contributed by atoms with Crippen molar-refractivity contribution < 1.29 is 14.2 Å². The first-order chi connectivity index (χ1) is 9.42. The maximum Gasteiger partial charge on any atom is 0.161 e. The topological polar surface area (TPSA) is 27.7 Å². The van der Waals surface area contributed by atoms with Gasteiger partial charge in [-0.1, -0.05) is 42.5 Å². The van der Waals surface area contributed by atoms with Gasteiger partial charge in [0.25, 0.3) is 0 Å². The molecule has 0 saturated heterocycles. The lowest BCUT2D eigenvalue weighted by molar-refractivity contribution is 0.00272. The molecule has 1 aliphatic rings. The van der Waals surface area contributed by atoms with Crippen LogP contribution in [0.25, 0.3) is 0 Å². The minimum atomic E-state index is -0.0430. The van der Waals surface area contributed by atoms with E-state index in [1.807, 2.05) is 54.6 Å². The molecule has 3 rings (SSSR count). The second-order valence-corrected chi connectivity index (χ2v) is 4.50. The van der Waals surface area contributed by atoms with Crippen LogP contribution in [0.2, 0.25) is 0 Å². The maximum atomic E-state index is 5.82. The third-order valence-corrected chi connectivity index (χ3v) is 2.98. The Labute approximate surface area is 112 Å². The van der Waals surface area contributed by atoms with Crippen molar-refractivity contribution >= 4 is 0 Å². The molecule has 0 bridgehead atoms. The Morgan fingerprint density at radius 2 is 1.68 bits per heavy atom. The number of ether oxygens (including phenoxy) is 3. The number of benzene rings is 2. The molecule has 19 heavy (non-hydrogen) atoms. The predicted octanol–water partition coefficient (Wildman–Crippen LogP) is 3.04. The highest BCUT2D eigenvalue weighted by molar-refractivity contribution is 5.40. The van der Waals surface area contributed by atoms with Crippen molar-refractivity contribution in [2.24, 2.45) is 0 Å². The van der Waals surface area contributed by atoms with Crippen molar-refractivity contribution in [3.05, 3.63) is 60.2 Å². The van der Waals surface area contributed by atoms with E-state index in [0.29, 0.717) is 19.8 Å².